The fourth-order valence-corrected chi connectivity index (χ4v) is 4.58. The van der Waals surface area contributed by atoms with E-state index in [1.165, 1.54) is 6.33 Å². The summed E-state index contributed by atoms with van der Waals surface area (Å²) < 4.78 is 12.8. The highest BCUT2D eigenvalue weighted by atomic mass is 16.5. The third-order valence-corrected chi connectivity index (χ3v) is 6.19. The number of hydrogen-bond donors (Lipinski definition) is 2. The highest BCUT2D eigenvalue weighted by Crippen LogP contribution is 2.39. The molecule has 0 atom stereocenters. The van der Waals surface area contributed by atoms with Crippen LogP contribution < -0.4 is 14.8 Å². The monoisotopic (exact) mass is 469 g/mol. The maximum absolute atomic E-state index is 12.4. The molecule has 5 aromatic rings. The minimum Gasteiger partial charge on any atom is -0.497 e. The van der Waals surface area contributed by atoms with E-state index in [1.807, 2.05) is 60.9 Å². The SMILES string of the molecule is COc1ccc(CNc2ncnc3c2c(-c2cc4ccccc4[nH]2)c(C=O)n3C(C)C)c(OC)c1. The first-order valence-electron chi connectivity index (χ1n) is 11.4. The van der Waals surface area contributed by atoms with Gasteiger partial charge in [0.05, 0.1) is 25.3 Å². The van der Waals surface area contributed by atoms with Gasteiger partial charge in [0, 0.05) is 46.4 Å². The van der Waals surface area contributed by atoms with E-state index in [4.69, 9.17) is 9.47 Å². The highest BCUT2D eigenvalue weighted by molar-refractivity contribution is 6.09. The number of fused-ring (bicyclic) bond motifs is 2. The van der Waals surface area contributed by atoms with Gasteiger partial charge in [-0.15, -0.1) is 0 Å². The van der Waals surface area contributed by atoms with E-state index in [0.29, 0.717) is 29.5 Å². The summed E-state index contributed by atoms with van der Waals surface area (Å²) in [6.45, 7) is 4.55. The Labute approximate surface area is 202 Å². The molecule has 0 aliphatic carbocycles. The van der Waals surface area contributed by atoms with Crippen LogP contribution in [0.3, 0.4) is 0 Å². The zero-order chi connectivity index (χ0) is 24.5. The quantitative estimate of drug-likeness (QED) is 0.287. The molecule has 178 valence electrons. The molecule has 35 heavy (non-hydrogen) atoms. The summed E-state index contributed by atoms with van der Waals surface area (Å²) in [5.41, 5.74) is 4.84. The summed E-state index contributed by atoms with van der Waals surface area (Å²) in [7, 11) is 3.26. The van der Waals surface area contributed by atoms with E-state index in [-0.39, 0.29) is 6.04 Å². The summed E-state index contributed by atoms with van der Waals surface area (Å²) in [5.74, 6) is 2.08. The first-order chi connectivity index (χ1) is 17.0. The Morgan fingerprint density at radius 1 is 1.09 bits per heavy atom. The van der Waals surface area contributed by atoms with E-state index in [1.54, 1.807) is 14.2 Å². The molecule has 0 bridgehead atoms. The molecule has 0 radical (unpaired) electrons. The fraction of sp³-hybridized carbons (Fsp3) is 0.222. The van der Waals surface area contributed by atoms with Crippen molar-refractivity contribution < 1.29 is 14.3 Å². The Morgan fingerprint density at radius 2 is 1.91 bits per heavy atom. The smallest absolute Gasteiger partial charge is 0.167 e. The number of aldehydes is 1. The maximum Gasteiger partial charge on any atom is 0.167 e. The van der Waals surface area contributed by atoms with Crippen LogP contribution in [-0.4, -0.2) is 40.0 Å². The van der Waals surface area contributed by atoms with Crippen molar-refractivity contribution >= 4 is 34.0 Å². The van der Waals surface area contributed by atoms with Crippen molar-refractivity contribution in [1.82, 2.24) is 19.5 Å². The molecule has 3 heterocycles. The van der Waals surface area contributed by atoms with Gasteiger partial charge in [-0.2, -0.15) is 0 Å². The average Bonchev–Trinajstić information content (AvgIpc) is 3.46. The first-order valence-corrected chi connectivity index (χ1v) is 11.4. The standard InChI is InChI=1S/C27H27N5O3/c1-16(2)32-22(14-33)24(21-11-17-7-5-6-8-20(17)31-21)25-26(29-15-30-27(25)32)28-13-18-9-10-19(34-3)12-23(18)35-4/h5-12,14-16,31H,13H2,1-4H3,(H,28,29,30). The van der Waals surface area contributed by atoms with Gasteiger partial charge in [0.25, 0.3) is 0 Å². The van der Waals surface area contributed by atoms with Crippen molar-refractivity contribution in [3.63, 3.8) is 0 Å². The average molecular weight is 470 g/mol. The molecule has 0 unspecified atom stereocenters. The van der Waals surface area contributed by atoms with E-state index in [0.717, 1.165) is 45.1 Å². The fourth-order valence-electron chi connectivity index (χ4n) is 4.58. The largest absolute Gasteiger partial charge is 0.497 e. The summed E-state index contributed by atoms with van der Waals surface area (Å²) in [4.78, 5) is 25.0. The van der Waals surface area contributed by atoms with Crippen molar-refractivity contribution in [3.8, 4) is 22.8 Å². The van der Waals surface area contributed by atoms with Crippen molar-refractivity contribution in [2.24, 2.45) is 0 Å². The number of hydrogen-bond acceptors (Lipinski definition) is 6. The summed E-state index contributed by atoms with van der Waals surface area (Å²) in [6, 6.07) is 15.8. The minimum absolute atomic E-state index is 0.0280. The van der Waals surface area contributed by atoms with Crippen molar-refractivity contribution in [3.05, 3.63) is 66.1 Å². The van der Waals surface area contributed by atoms with Crippen molar-refractivity contribution in [2.45, 2.75) is 26.4 Å². The molecule has 0 aliphatic heterocycles. The zero-order valence-corrected chi connectivity index (χ0v) is 20.1. The van der Waals surface area contributed by atoms with Gasteiger partial charge in [0.1, 0.15) is 29.3 Å². The van der Waals surface area contributed by atoms with Crippen LogP contribution in [0.5, 0.6) is 11.5 Å². The summed E-state index contributed by atoms with van der Waals surface area (Å²) >= 11 is 0. The topological polar surface area (TPSA) is 94.1 Å². The summed E-state index contributed by atoms with van der Waals surface area (Å²) in [6.07, 6.45) is 2.43. The molecule has 0 saturated heterocycles. The second-order valence-electron chi connectivity index (χ2n) is 8.56. The number of H-pyrrole nitrogens is 1. The molecule has 0 amide bonds. The molecule has 8 nitrogen and oxygen atoms in total. The molecular formula is C27H27N5O3. The third kappa shape index (κ3) is 3.86. The number of aromatic nitrogens is 4. The molecule has 0 aliphatic rings. The highest BCUT2D eigenvalue weighted by Gasteiger charge is 2.25. The number of aromatic amines is 1. The van der Waals surface area contributed by atoms with Crippen LogP contribution >= 0.6 is 0 Å². The van der Waals surface area contributed by atoms with Crippen molar-refractivity contribution in [2.75, 3.05) is 19.5 Å². The number of ether oxygens (including phenoxy) is 2. The Bertz CT molecular complexity index is 1500. The molecule has 5 rings (SSSR count). The number of nitrogens with zero attached hydrogens (tertiary/aromatic N) is 3. The third-order valence-electron chi connectivity index (χ3n) is 6.19. The second-order valence-corrected chi connectivity index (χ2v) is 8.56. The van der Waals surface area contributed by atoms with Crippen LogP contribution in [0.1, 0.15) is 35.9 Å². The number of benzene rings is 2. The molecule has 0 saturated carbocycles. The van der Waals surface area contributed by atoms with Crippen LogP contribution in [0, 0.1) is 0 Å². The number of nitrogens with one attached hydrogen (secondary N) is 2. The molecule has 3 aromatic heterocycles. The molecule has 2 N–H and O–H groups in total. The van der Waals surface area contributed by atoms with Gasteiger partial charge in [-0.3, -0.25) is 4.79 Å². The van der Waals surface area contributed by atoms with Gasteiger partial charge >= 0.3 is 0 Å². The first kappa shape index (κ1) is 22.5. The predicted molar refractivity (Wildman–Crippen MR) is 137 cm³/mol. The maximum atomic E-state index is 12.4. The van der Waals surface area contributed by atoms with Crippen LogP contribution in [-0.2, 0) is 6.54 Å². The molecule has 2 aromatic carbocycles. The number of carbonyl (C=O) groups excluding carboxylic acids is 1. The lowest BCUT2D eigenvalue weighted by atomic mass is 10.1. The van der Waals surface area contributed by atoms with Gasteiger partial charge < -0.3 is 24.3 Å². The summed E-state index contributed by atoms with van der Waals surface area (Å²) in [5, 5.41) is 5.31. The Hall–Kier alpha value is -4.33. The van der Waals surface area contributed by atoms with Gasteiger partial charge in [0.2, 0.25) is 0 Å². The molecule has 0 fully saturated rings. The van der Waals surface area contributed by atoms with Crippen LogP contribution in [0.2, 0.25) is 0 Å². The van der Waals surface area contributed by atoms with Gasteiger partial charge in [-0.25, -0.2) is 9.97 Å². The van der Waals surface area contributed by atoms with Crippen molar-refractivity contribution in [1.29, 1.82) is 0 Å². The molecular weight excluding hydrogens is 442 g/mol. The van der Waals surface area contributed by atoms with Gasteiger partial charge in [-0.05, 0) is 38.1 Å². The minimum atomic E-state index is 0.0280. The lowest BCUT2D eigenvalue weighted by Crippen LogP contribution is -2.07. The van der Waals surface area contributed by atoms with Gasteiger partial charge in [-0.1, -0.05) is 18.2 Å². The van der Waals surface area contributed by atoms with E-state index in [9.17, 15) is 4.79 Å². The normalized spacial score (nSPS) is 11.3. The molecule has 0 spiro atoms. The zero-order valence-electron chi connectivity index (χ0n) is 20.1. The number of carbonyl (C=O) groups is 1. The Kier molecular flexibility index (Phi) is 5.86. The predicted octanol–water partition coefficient (Wildman–Crippen LogP) is 5.60. The van der Waals surface area contributed by atoms with Crippen LogP contribution in [0.4, 0.5) is 5.82 Å². The Morgan fingerprint density at radius 3 is 2.63 bits per heavy atom. The van der Waals surface area contributed by atoms with Crippen LogP contribution in [0.15, 0.2) is 54.9 Å². The van der Waals surface area contributed by atoms with Gasteiger partial charge in [0.15, 0.2) is 6.29 Å². The van der Waals surface area contributed by atoms with E-state index < -0.39 is 0 Å². The number of rotatable bonds is 8. The van der Waals surface area contributed by atoms with E-state index >= 15 is 0 Å². The lowest BCUT2D eigenvalue weighted by molar-refractivity contribution is 0.111. The number of methoxy groups -OCH3 is 2. The lowest BCUT2D eigenvalue weighted by Gasteiger charge is -2.13. The Balaban J connectivity index is 1.67. The molecule has 8 heteroatoms. The number of para-hydroxylation sites is 1. The number of anilines is 1. The van der Waals surface area contributed by atoms with E-state index in [2.05, 4.69) is 26.3 Å². The van der Waals surface area contributed by atoms with Crippen LogP contribution in [0.25, 0.3) is 33.2 Å². The second kappa shape index (κ2) is 9.13.